The number of rotatable bonds is 4. The molecule has 0 radical (unpaired) electrons. The van der Waals surface area contributed by atoms with E-state index in [9.17, 15) is 13.6 Å². The Hall–Kier alpha value is -1.28. The maximum absolute atomic E-state index is 12.3. The Morgan fingerprint density at radius 1 is 1.68 bits per heavy atom. The van der Waals surface area contributed by atoms with Crippen LogP contribution in [-0.4, -0.2) is 27.2 Å². The molecule has 1 fully saturated rings. The molecule has 3 atom stereocenters. The first-order chi connectivity index (χ1) is 8.85. The summed E-state index contributed by atoms with van der Waals surface area (Å²) in [6, 6.07) is 1.46. The van der Waals surface area contributed by atoms with E-state index < -0.39 is 25.9 Å². The summed E-state index contributed by atoms with van der Waals surface area (Å²) in [5.41, 5.74) is 4.81. The van der Waals surface area contributed by atoms with E-state index in [4.69, 9.17) is 15.4 Å². The standard InChI is InChI=1S/C9H13FN3O5P/c10-19(15,16)17-5-6-1-2-8(18-6)13-4-3-7(11)12-9(13)14/h3-4,6,8H,1-2,5H2,(H,15,16)(H2,11,12,14)/t6-,8+/m0/s1. The molecule has 0 bridgehead atoms. The molecule has 1 aliphatic rings. The van der Waals surface area contributed by atoms with Crippen LogP contribution in [0.4, 0.5) is 10.0 Å². The minimum Gasteiger partial charge on any atom is -0.383 e. The average Bonchev–Trinajstić information content (AvgIpc) is 2.74. The lowest BCUT2D eigenvalue weighted by Crippen LogP contribution is -2.27. The second-order valence-electron chi connectivity index (χ2n) is 4.08. The van der Waals surface area contributed by atoms with Gasteiger partial charge in [0.15, 0.2) is 0 Å². The topological polar surface area (TPSA) is 117 Å². The van der Waals surface area contributed by atoms with Gasteiger partial charge < -0.3 is 10.5 Å². The molecule has 1 aromatic heterocycles. The van der Waals surface area contributed by atoms with Crippen molar-refractivity contribution in [3.05, 3.63) is 22.7 Å². The number of hydrogen-bond acceptors (Lipinski definition) is 6. The van der Waals surface area contributed by atoms with Gasteiger partial charge >= 0.3 is 13.6 Å². The van der Waals surface area contributed by atoms with Gasteiger partial charge in [-0.05, 0) is 18.9 Å². The third-order valence-electron chi connectivity index (χ3n) is 2.67. The lowest BCUT2D eigenvalue weighted by Gasteiger charge is -2.15. The summed E-state index contributed by atoms with van der Waals surface area (Å²) in [4.78, 5) is 23.5. The molecule has 10 heteroatoms. The van der Waals surface area contributed by atoms with Crippen LogP contribution in [0, 0.1) is 0 Å². The summed E-state index contributed by atoms with van der Waals surface area (Å²) in [6.07, 6.45) is 1.30. The van der Waals surface area contributed by atoms with Crippen molar-refractivity contribution >= 4 is 13.7 Å². The molecule has 3 N–H and O–H groups in total. The van der Waals surface area contributed by atoms with Crippen molar-refractivity contribution in [1.29, 1.82) is 0 Å². The fraction of sp³-hybridized carbons (Fsp3) is 0.556. The first-order valence-corrected chi connectivity index (χ1v) is 6.99. The quantitative estimate of drug-likeness (QED) is 0.780. The van der Waals surface area contributed by atoms with Crippen molar-refractivity contribution in [2.75, 3.05) is 12.3 Å². The zero-order chi connectivity index (χ0) is 14.0. The van der Waals surface area contributed by atoms with Crippen molar-refractivity contribution in [2.24, 2.45) is 0 Å². The number of aromatic nitrogens is 2. The van der Waals surface area contributed by atoms with Crippen LogP contribution in [0.1, 0.15) is 19.1 Å². The van der Waals surface area contributed by atoms with Crippen LogP contribution in [0.5, 0.6) is 0 Å². The molecule has 1 aliphatic heterocycles. The second-order valence-corrected chi connectivity index (χ2v) is 5.24. The van der Waals surface area contributed by atoms with Crippen LogP contribution < -0.4 is 11.4 Å². The highest BCUT2D eigenvalue weighted by Gasteiger charge is 2.30. The summed E-state index contributed by atoms with van der Waals surface area (Å²) in [7, 11) is -5.00. The normalized spacial score (nSPS) is 26.2. The maximum atomic E-state index is 12.3. The van der Waals surface area contributed by atoms with Crippen LogP contribution in [0.25, 0.3) is 0 Å². The van der Waals surface area contributed by atoms with E-state index in [0.717, 1.165) is 0 Å². The van der Waals surface area contributed by atoms with Gasteiger partial charge in [0.2, 0.25) is 0 Å². The number of nitrogens with two attached hydrogens (primary N) is 1. The Bertz CT molecular complexity index is 559. The number of ether oxygens (including phenoxy) is 1. The van der Waals surface area contributed by atoms with Crippen molar-refractivity contribution in [1.82, 2.24) is 9.55 Å². The Balaban J connectivity index is 1.98. The molecule has 0 aliphatic carbocycles. The Kier molecular flexibility index (Phi) is 4.00. The molecule has 0 spiro atoms. The van der Waals surface area contributed by atoms with Crippen molar-refractivity contribution < 1.29 is 22.9 Å². The number of anilines is 1. The molecular weight excluding hydrogens is 280 g/mol. The third-order valence-corrected chi connectivity index (χ3v) is 3.13. The molecule has 8 nitrogen and oxygen atoms in total. The first-order valence-electron chi connectivity index (χ1n) is 5.52. The highest BCUT2D eigenvalue weighted by molar-refractivity contribution is 7.46. The number of nitrogens with zero attached hydrogens (tertiary/aromatic N) is 2. The van der Waals surface area contributed by atoms with Crippen molar-refractivity contribution in [3.8, 4) is 0 Å². The van der Waals surface area contributed by atoms with E-state index in [1.54, 1.807) is 0 Å². The van der Waals surface area contributed by atoms with Crippen LogP contribution >= 0.6 is 7.91 Å². The van der Waals surface area contributed by atoms with E-state index in [1.807, 2.05) is 0 Å². The van der Waals surface area contributed by atoms with E-state index in [2.05, 4.69) is 9.51 Å². The summed E-state index contributed by atoms with van der Waals surface area (Å²) >= 11 is 0. The summed E-state index contributed by atoms with van der Waals surface area (Å²) in [6.45, 7) is -0.349. The number of halogens is 1. The first kappa shape index (κ1) is 14.1. The van der Waals surface area contributed by atoms with Gasteiger partial charge in [0.1, 0.15) is 12.0 Å². The molecule has 1 unspecified atom stereocenters. The molecule has 19 heavy (non-hydrogen) atoms. The molecule has 0 amide bonds. The highest BCUT2D eigenvalue weighted by atomic mass is 31.2. The fourth-order valence-electron chi connectivity index (χ4n) is 1.83. The average molecular weight is 293 g/mol. The smallest absolute Gasteiger partial charge is 0.383 e. The van der Waals surface area contributed by atoms with Gasteiger partial charge in [0, 0.05) is 6.20 Å². The van der Waals surface area contributed by atoms with Crippen LogP contribution in [0.2, 0.25) is 0 Å². The van der Waals surface area contributed by atoms with Gasteiger partial charge in [-0.1, -0.05) is 0 Å². The predicted molar refractivity (Wildman–Crippen MR) is 62.9 cm³/mol. The maximum Gasteiger partial charge on any atom is 0.510 e. The van der Waals surface area contributed by atoms with Gasteiger partial charge in [0.25, 0.3) is 0 Å². The van der Waals surface area contributed by atoms with E-state index >= 15 is 0 Å². The van der Waals surface area contributed by atoms with Crippen molar-refractivity contribution in [2.45, 2.75) is 25.2 Å². The molecular formula is C9H13FN3O5P. The van der Waals surface area contributed by atoms with Crippen LogP contribution in [0.15, 0.2) is 17.1 Å². The van der Waals surface area contributed by atoms with Gasteiger partial charge in [-0.25, -0.2) is 9.36 Å². The number of nitrogen functional groups attached to an aromatic ring is 1. The second kappa shape index (κ2) is 5.38. The molecule has 1 saturated heterocycles. The Morgan fingerprint density at radius 3 is 3.05 bits per heavy atom. The summed E-state index contributed by atoms with van der Waals surface area (Å²) in [5, 5.41) is 0. The molecule has 0 saturated carbocycles. The molecule has 0 aromatic carbocycles. The van der Waals surface area contributed by atoms with E-state index in [1.165, 1.54) is 16.8 Å². The van der Waals surface area contributed by atoms with E-state index in [0.29, 0.717) is 12.8 Å². The lowest BCUT2D eigenvalue weighted by atomic mass is 10.2. The van der Waals surface area contributed by atoms with Crippen LogP contribution in [-0.2, 0) is 13.8 Å². The molecule has 1 aromatic rings. The van der Waals surface area contributed by atoms with Gasteiger partial charge in [0.05, 0.1) is 12.7 Å². The van der Waals surface area contributed by atoms with Gasteiger partial charge in [-0.3, -0.25) is 14.0 Å². The summed E-state index contributed by atoms with van der Waals surface area (Å²) in [5.74, 6) is 0.109. The Morgan fingerprint density at radius 2 is 2.42 bits per heavy atom. The zero-order valence-corrected chi connectivity index (χ0v) is 10.7. The van der Waals surface area contributed by atoms with Crippen LogP contribution in [0.3, 0.4) is 0 Å². The van der Waals surface area contributed by atoms with Crippen molar-refractivity contribution in [3.63, 3.8) is 0 Å². The zero-order valence-electron chi connectivity index (χ0n) is 9.81. The SMILES string of the molecule is Nc1ccn([C@H]2CC[C@@H](COP(=O)(O)F)O2)c(=O)n1. The molecule has 2 heterocycles. The fourth-order valence-corrected chi connectivity index (χ4v) is 2.18. The van der Waals surface area contributed by atoms with Gasteiger partial charge in [-0.2, -0.15) is 4.98 Å². The Labute approximate surface area is 107 Å². The minimum absolute atomic E-state index is 0.109. The molecule has 106 valence electrons. The highest BCUT2D eigenvalue weighted by Crippen LogP contribution is 2.44. The number of hydrogen-bond donors (Lipinski definition) is 2. The monoisotopic (exact) mass is 293 g/mol. The largest absolute Gasteiger partial charge is 0.510 e. The predicted octanol–water partition coefficient (Wildman–Crippen LogP) is 0.590. The summed E-state index contributed by atoms with van der Waals surface area (Å²) < 4.78 is 33.5. The molecule has 2 rings (SSSR count). The van der Waals surface area contributed by atoms with Gasteiger partial charge in [-0.15, -0.1) is 4.20 Å². The third kappa shape index (κ3) is 3.84. The minimum atomic E-state index is -5.00. The van der Waals surface area contributed by atoms with E-state index in [-0.39, 0.29) is 12.4 Å². The lowest BCUT2D eigenvalue weighted by molar-refractivity contribution is -0.0229.